The first kappa shape index (κ1) is 19.4. The fraction of sp³-hybridized carbons (Fsp3) is 0.409. The highest BCUT2D eigenvalue weighted by Gasteiger charge is 2.26. The standard InChI is InChI=1S/C22H27FN2O2/c1-16(18-5-9-21(27-2)10-6-18)24-22(26)19-11-13-25(14-12-19)15-17-3-7-20(23)8-4-17/h3-10,16,19H,11-15H2,1-2H3,(H,24,26)/t16-/m0/s1. The van der Waals surface area contributed by atoms with E-state index < -0.39 is 0 Å². The van der Waals surface area contributed by atoms with Crippen LogP contribution in [0.3, 0.4) is 0 Å². The van der Waals surface area contributed by atoms with Gasteiger partial charge in [0, 0.05) is 12.5 Å². The Morgan fingerprint density at radius 1 is 1.15 bits per heavy atom. The largest absolute Gasteiger partial charge is 0.497 e. The molecule has 0 radical (unpaired) electrons. The first-order valence-corrected chi connectivity index (χ1v) is 9.46. The first-order valence-electron chi connectivity index (χ1n) is 9.46. The summed E-state index contributed by atoms with van der Waals surface area (Å²) >= 11 is 0. The van der Waals surface area contributed by atoms with Gasteiger partial charge in [0.25, 0.3) is 0 Å². The molecule has 3 rings (SSSR count). The Bertz CT molecular complexity index is 738. The highest BCUT2D eigenvalue weighted by atomic mass is 19.1. The lowest BCUT2D eigenvalue weighted by Gasteiger charge is -2.32. The van der Waals surface area contributed by atoms with Gasteiger partial charge in [0.15, 0.2) is 0 Å². The lowest BCUT2D eigenvalue weighted by Crippen LogP contribution is -2.40. The van der Waals surface area contributed by atoms with Gasteiger partial charge in [-0.1, -0.05) is 24.3 Å². The Hall–Kier alpha value is -2.40. The van der Waals surface area contributed by atoms with Crippen molar-refractivity contribution >= 4 is 5.91 Å². The molecule has 0 aromatic heterocycles. The Kier molecular flexibility index (Phi) is 6.45. The number of piperidine rings is 1. The minimum absolute atomic E-state index is 0.0272. The molecule has 1 N–H and O–H groups in total. The number of amides is 1. The lowest BCUT2D eigenvalue weighted by atomic mass is 9.95. The predicted octanol–water partition coefficient (Wildman–Crippen LogP) is 3.92. The number of ether oxygens (including phenoxy) is 1. The van der Waals surface area contributed by atoms with Gasteiger partial charge in [-0.25, -0.2) is 4.39 Å². The van der Waals surface area contributed by atoms with Crippen LogP contribution in [-0.2, 0) is 11.3 Å². The molecular weight excluding hydrogens is 343 g/mol. The molecule has 2 aromatic carbocycles. The summed E-state index contributed by atoms with van der Waals surface area (Å²) < 4.78 is 18.2. The van der Waals surface area contributed by atoms with E-state index in [2.05, 4.69) is 10.2 Å². The van der Waals surface area contributed by atoms with Crippen molar-refractivity contribution in [1.29, 1.82) is 0 Å². The maximum absolute atomic E-state index is 13.0. The molecular formula is C22H27FN2O2. The molecule has 1 amide bonds. The van der Waals surface area contributed by atoms with Gasteiger partial charge in [-0.05, 0) is 68.2 Å². The maximum atomic E-state index is 13.0. The van der Waals surface area contributed by atoms with Crippen molar-refractivity contribution in [3.8, 4) is 5.75 Å². The molecule has 1 fully saturated rings. The summed E-state index contributed by atoms with van der Waals surface area (Å²) in [6.07, 6.45) is 1.70. The van der Waals surface area contributed by atoms with Crippen LogP contribution >= 0.6 is 0 Å². The highest BCUT2D eigenvalue weighted by Crippen LogP contribution is 2.22. The van der Waals surface area contributed by atoms with Gasteiger partial charge in [0.1, 0.15) is 11.6 Å². The third-order valence-electron chi connectivity index (χ3n) is 5.25. The topological polar surface area (TPSA) is 41.6 Å². The summed E-state index contributed by atoms with van der Waals surface area (Å²) in [6.45, 7) is 4.57. The maximum Gasteiger partial charge on any atom is 0.223 e. The molecule has 1 heterocycles. The van der Waals surface area contributed by atoms with Crippen molar-refractivity contribution in [2.24, 2.45) is 5.92 Å². The Morgan fingerprint density at radius 2 is 1.78 bits per heavy atom. The van der Waals surface area contributed by atoms with Gasteiger partial charge in [0.05, 0.1) is 13.2 Å². The predicted molar refractivity (Wildman–Crippen MR) is 104 cm³/mol. The van der Waals surface area contributed by atoms with Crippen LogP contribution in [-0.4, -0.2) is 31.0 Å². The minimum atomic E-state index is -0.208. The molecule has 144 valence electrons. The molecule has 1 saturated heterocycles. The van der Waals surface area contributed by atoms with E-state index in [1.165, 1.54) is 12.1 Å². The second kappa shape index (κ2) is 9.00. The van der Waals surface area contributed by atoms with Crippen molar-refractivity contribution in [2.45, 2.75) is 32.4 Å². The fourth-order valence-corrected chi connectivity index (χ4v) is 3.51. The number of nitrogens with one attached hydrogen (secondary N) is 1. The van der Waals surface area contributed by atoms with Crippen LogP contribution in [0.2, 0.25) is 0 Å². The van der Waals surface area contributed by atoms with Gasteiger partial charge in [0.2, 0.25) is 5.91 Å². The molecule has 4 nitrogen and oxygen atoms in total. The van der Waals surface area contributed by atoms with Crippen LogP contribution in [0.25, 0.3) is 0 Å². The lowest BCUT2D eigenvalue weighted by molar-refractivity contribution is -0.127. The molecule has 2 aromatic rings. The third kappa shape index (κ3) is 5.30. The molecule has 0 spiro atoms. The zero-order chi connectivity index (χ0) is 19.2. The van der Waals surface area contributed by atoms with Crippen molar-refractivity contribution < 1.29 is 13.9 Å². The molecule has 1 atom stereocenters. The Labute approximate surface area is 160 Å². The number of hydrogen-bond acceptors (Lipinski definition) is 3. The summed E-state index contributed by atoms with van der Waals surface area (Å²) in [5, 5.41) is 3.13. The third-order valence-corrected chi connectivity index (χ3v) is 5.25. The van der Waals surface area contributed by atoms with Crippen LogP contribution in [0.5, 0.6) is 5.75 Å². The number of likely N-dealkylation sites (tertiary alicyclic amines) is 1. The van der Waals surface area contributed by atoms with E-state index in [1.54, 1.807) is 7.11 Å². The zero-order valence-electron chi connectivity index (χ0n) is 16.0. The number of hydrogen-bond donors (Lipinski definition) is 1. The van der Waals surface area contributed by atoms with Gasteiger partial charge >= 0.3 is 0 Å². The molecule has 0 aliphatic carbocycles. The number of rotatable bonds is 6. The van der Waals surface area contributed by atoms with Crippen molar-refractivity contribution in [3.05, 3.63) is 65.5 Å². The van der Waals surface area contributed by atoms with E-state index in [0.717, 1.165) is 49.4 Å². The van der Waals surface area contributed by atoms with E-state index in [9.17, 15) is 9.18 Å². The van der Waals surface area contributed by atoms with E-state index >= 15 is 0 Å². The summed E-state index contributed by atoms with van der Waals surface area (Å²) in [7, 11) is 1.64. The second-order valence-corrected chi connectivity index (χ2v) is 7.18. The molecule has 1 aliphatic rings. The van der Waals surface area contributed by atoms with E-state index in [-0.39, 0.29) is 23.7 Å². The molecule has 0 saturated carbocycles. The Morgan fingerprint density at radius 3 is 2.37 bits per heavy atom. The number of nitrogens with zero attached hydrogens (tertiary/aromatic N) is 1. The smallest absolute Gasteiger partial charge is 0.223 e. The SMILES string of the molecule is COc1ccc([C@H](C)NC(=O)C2CCN(Cc3ccc(F)cc3)CC2)cc1. The minimum Gasteiger partial charge on any atom is -0.497 e. The fourth-order valence-electron chi connectivity index (χ4n) is 3.51. The second-order valence-electron chi connectivity index (χ2n) is 7.18. The van der Waals surface area contributed by atoms with Crippen LogP contribution in [0.4, 0.5) is 4.39 Å². The van der Waals surface area contributed by atoms with Crippen LogP contribution < -0.4 is 10.1 Å². The summed E-state index contributed by atoms with van der Waals surface area (Å²) in [5.41, 5.74) is 2.17. The number of carbonyl (C=O) groups excluding carboxylic acids is 1. The molecule has 5 heteroatoms. The van der Waals surface area contributed by atoms with Crippen LogP contribution in [0.15, 0.2) is 48.5 Å². The first-order chi connectivity index (χ1) is 13.0. The normalized spacial score (nSPS) is 16.7. The summed E-state index contributed by atoms with van der Waals surface area (Å²) in [6, 6.07) is 14.4. The molecule has 0 bridgehead atoms. The number of carbonyl (C=O) groups is 1. The van der Waals surface area contributed by atoms with Crippen molar-refractivity contribution in [2.75, 3.05) is 20.2 Å². The zero-order valence-corrected chi connectivity index (χ0v) is 16.0. The monoisotopic (exact) mass is 370 g/mol. The Balaban J connectivity index is 1.46. The highest BCUT2D eigenvalue weighted by molar-refractivity contribution is 5.79. The number of methoxy groups -OCH3 is 1. The van der Waals surface area contributed by atoms with Crippen molar-refractivity contribution in [3.63, 3.8) is 0 Å². The van der Waals surface area contributed by atoms with Crippen LogP contribution in [0, 0.1) is 11.7 Å². The average Bonchev–Trinajstić information content (AvgIpc) is 2.70. The number of benzene rings is 2. The quantitative estimate of drug-likeness (QED) is 0.838. The summed E-state index contributed by atoms with van der Waals surface area (Å²) in [5.74, 6) is 0.779. The number of halogens is 1. The van der Waals surface area contributed by atoms with Crippen LogP contribution in [0.1, 0.15) is 36.9 Å². The van der Waals surface area contributed by atoms with Crippen molar-refractivity contribution in [1.82, 2.24) is 10.2 Å². The van der Waals surface area contributed by atoms with E-state index in [4.69, 9.17) is 4.74 Å². The van der Waals surface area contributed by atoms with Gasteiger partial charge in [-0.3, -0.25) is 9.69 Å². The van der Waals surface area contributed by atoms with E-state index in [1.807, 2.05) is 43.3 Å². The average molecular weight is 370 g/mol. The molecule has 1 aliphatic heterocycles. The van der Waals surface area contributed by atoms with E-state index in [0.29, 0.717) is 0 Å². The summed E-state index contributed by atoms with van der Waals surface area (Å²) in [4.78, 5) is 14.9. The molecule has 0 unspecified atom stereocenters. The van der Waals surface area contributed by atoms with Gasteiger partial charge in [-0.15, -0.1) is 0 Å². The van der Waals surface area contributed by atoms with Gasteiger partial charge in [-0.2, -0.15) is 0 Å². The van der Waals surface area contributed by atoms with Gasteiger partial charge < -0.3 is 10.1 Å². The molecule has 27 heavy (non-hydrogen) atoms.